The molecule has 28 heavy (non-hydrogen) atoms. The van der Waals surface area contributed by atoms with Crippen LogP contribution < -0.4 is 5.43 Å². The predicted molar refractivity (Wildman–Crippen MR) is 109 cm³/mol. The van der Waals surface area contributed by atoms with Gasteiger partial charge in [0.2, 0.25) is 0 Å². The lowest BCUT2D eigenvalue weighted by atomic mass is 10.1. The standard InChI is InChI=1S/C19H16ClNO5S2/c20-12-3-4-17-15(8-12)16(22)9-18(26-17)19(23)21(10-14-2-1-6-27-14)13-5-7-28(24,25)11-13/h1-4,6,8-9,13H,5,7,10-11H2/t13-/m0/s1. The number of amides is 1. The van der Waals surface area contributed by atoms with Crippen LogP contribution in [-0.2, 0) is 16.4 Å². The molecule has 146 valence electrons. The minimum atomic E-state index is -3.18. The van der Waals surface area contributed by atoms with Gasteiger partial charge in [-0.3, -0.25) is 9.59 Å². The Morgan fingerprint density at radius 1 is 1.29 bits per heavy atom. The molecule has 0 unspecified atom stereocenters. The minimum Gasteiger partial charge on any atom is -0.451 e. The van der Waals surface area contributed by atoms with E-state index in [2.05, 4.69) is 0 Å². The first-order valence-corrected chi connectivity index (χ1v) is 11.7. The van der Waals surface area contributed by atoms with E-state index in [1.165, 1.54) is 22.3 Å². The minimum absolute atomic E-state index is 0.0477. The average molecular weight is 438 g/mol. The highest BCUT2D eigenvalue weighted by atomic mass is 35.5. The molecule has 0 saturated carbocycles. The van der Waals surface area contributed by atoms with Crippen LogP contribution in [0.4, 0.5) is 0 Å². The van der Waals surface area contributed by atoms with Gasteiger partial charge in [0.1, 0.15) is 5.58 Å². The number of fused-ring (bicyclic) bond motifs is 1. The largest absolute Gasteiger partial charge is 0.451 e. The number of thiophene rings is 1. The average Bonchev–Trinajstić information content (AvgIpc) is 3.28. The highest BCUT2D eigenvalue weighted by Gasteiger charge is 2.36. The van der Waals surface area contributed by atoms with Crippen molar-refractivity contribution in [2.45, 2.75) is 19.0 Å². The van der Waals surface area contributed by atoms with E-state index < -0.39 is 21.8 Å². The van der Waals surface area contributed by atoms with Crippen molar-refractivity contribution in [1.82, 2.24) is 4.90 Å². The number of carbonyl (C=O) groups excluding carboxylic acids is 1. The number of sulfone groups is 1. The molecule has 0 spiro atoms. The maximum Gasteiger partial charge on any atom is 0.290 e. The second kappa shape index (κ2) is 7.35. The van der Waals surface area contributed by atoms with Gasteiger partial charge >= 0.3 is 0 Å². The molecule has 3 aromatic rings. The molecular weight excluding hydrogens is 422 g/mol. The quantitative estimate of drug-likeness (QED) is 0.625. The lowest BCUT2D eigenvalue weighted by Crippen LogP contribution is -2.40. The van der Waals surface area contributed by atoms with Crippen LogP contribution >= 0.6 is 22.9 Å². The van der Waals surface area contributed by atoms with E-state index in [1.54, 1.807) is 12.1 Å². The molecule has 1 amide bonds. The number of benzene rings is 1. The van der Waals surface area contributed by atoms with E-state index in [0.29, 0.717) is 11.4 Å². The summed E-state index contributed by atoms with van der Waals surface area (Å²) in [5, 5.41) is 2.58. The molecule has 6 nitrogen and oxygen atoms in total. The van der Waals surface area contributed by atoms with Crippen LogP contribution in [0.2, 0.25) is 5.02 Å². The smallest absolute Gasteiger partial charge is 0.290 e. The zero-order valence-electron chi connectivity index (χ0n) is 14.6. The van der Waals surface area contributed by atoms with Crippen molar-refractivity contribution >= 4 is 49.7 Å². The van der Waals surface area contributed by atoms with Crippen molar-refractivity contribution in [2.24, 2.45) is 0 Å². The zero-order chi connectivity index (χ0) is 19.9. The third kappa shape index (κ3) is 3.85. The van der Waals surface area contributed by atoms with E-state index >= 15 is 0 Å². The van der Waals surface area contributed by atoms with Crippen LogP contribution in [0.25, 0.3) is 11.0 Å². The van der Waals surface area contributed by atoms with Gasteiger partial charge < -0.3 is 9.32 Å². The van der Waals surface area contributed by atoms with Crippen LogP contribution in [0.15, 0.2) is 51.0 Å². The Morgan fingerprint density at radius 2 is 2.11 bits per heavy atom. The van der Waals surface area contributed by atoms with Crippen LogP contribution in [0.3, 0.4) is 0 Å². The summed E-state index contributed by atoms with van der Waals surface area (Å²) < 4.78 is 29.6. The normalized spacial score (nSPS) is 18.4. The van der Waals surface area contributed by atoms with Gasteiger partial charge in [-0.05, 0) is 36.1 Å². The van der Waals surface area contributed by atoms with Crippen molar-refractivity contribution in [3.8, 4) is 0 Å². The summed E-state index contributed by atoms with van der Waals surface area (Å²) in [5.74, 6) is -0.644. The maximum absolute atomic E-state index is 13.2. The van der Waals surface area contributed by atoms with E-state index in [-0.39, 0.29) is 40.2 Å². The van der Waals surface area contributed by atoms with Crippen LogP contribution in [0, 0.1) is 0 Å². The summed E-state index contributed by atoms with van der Waals surface area (Å²) in [6, 6.07) is 9.05. The molecule has 1 fully saturated rings. The van der Waals surface area contributed by atoms with Gasteiger partial charge in [0.15, 0.2) is 21.0 Å². The van der Waals surface area contributed by atoms with E-state index in [0.717, 1.165) is 10.9 Å². The molecule has 2 aromatic heterocycles. The summed E-state index contributed by atoms with van der Waals surface area (Å²) >= 11 is 7.40. The molecule has 0 aliphatic carbocycles. The molecule has 1 atom stereocenters. The first-order valence-electron chi connectivity index (χ1n) is 8.59. The second-order valence-corrected chi connectivity index (χ2v) is 10.4. The highest BCUT2D eigenvalue weighted by Crippen LogP contribution is 2.25. The number of halogens is 1. The number of rotatable bonds is 4. The Labute approximate surface area is 170 Å². The third-order valence-electron chi connectivity index (χ3n) is 4.72. The molecule has 0 bridgehead atoms. The zero-order valence-corrected chi connectivity index (χ0v) is 17.0. The van der Waals surface area contributed by atoms with E-state index in [1.807, 2.05) is 17.5 Å². The van der Waals surface area contributed by atoms with Crippen molar-refractivity contribution in [1.29, 1.82) is 0 Å². The third-order valence-corrected chi connectivity index (χ3v) is 7.56. The molecule has 0 radical (unpaired) electrons. The fraction of sp³-hybridized carbons (Fsp3) is 0.263. The molecular formula is C19H16ClNO5S2. The van der Waals surface area contributed by atoms with Crippen LogP contribution in [0.5, 0.6) is 0 Å². The van der Waals surface area contributed by atoms with Gasteiger partial charge in [-0.15, -0.1) is 11.3 Å². The fourth-order valence-corrected chi connectivity index (χ4v) is 5.94. The maximum atomic E-state index is 13.2. The fourth-order valence-electron chi connectivity index (χ4n) is 3.33. The summed E-state index contributed by atoms with van der Waals surface area (Å²) in [5.41, 5.74) is -0.113. The Bertz CT molecular complexity index is 1200. The number of hydrogen-bond donors (Lipinski definition) is 0. The summed E-state index contributed by atoms with van der Waals surface area (Å²) in [6.07, 6.45) is 0.368. The molecule has 1 aliphatic heterocycles. The van der Waals surface area contributed by atoms with Crippen molar-refractivity contribution in [3.63, 3.8) is 0 Å². The second-order valence-electron chi connectivity index (χ2n) is 6.68. The van der Waals surface area contributed by atoms with Gasteiger partial charge in [0.25, 0.3) is 5.91 Å². The molecule has 0 N–H and O–H groups in total. The van der Waals surface area contributed by atoms with Crippen molar-refractivity contribution in [2.75, 3.05) is 11.5 Å². The topological polar surface area (TPSA) is 84.7 Å². The van der Waals surface area contributed by atoms with Gasteiger partial charge in [-0.1, -0.05) is 17.7 Å². The SMILES string of the molecule is O=C(c1cc(=O)c2cc(Cl)ccc2o1)N(Cc1cccs1)[C@H]1CCS(=O)(=O)C1. The number of carbonyl (C=O) groups is 1. The molecule has 9 heteroatoms. The van der Waals surface area contributed by atoms with Crippen LogP contribution in [-0.4, -0.2) is 36.8 Å². The Hall–Kier alpha value is -2.16. The van der Waals surface area contributed by atoms with Crippen molar-refractivity contribution in [3.05, 3.63) is 67.7 Å². The van der Waals surface area contributed by atoms with Gasteiger partial charge in [0.05, 0.1) is 23.4 Å². The van der Waals surface area contributed by atoms with Gasteiger partial charge in [-0.2, -0.15) is 0 Å². The Balaban J connectivity index is 1.73. The Kier molecular flexibility index (Phi) is 5.03. The van der Waals surface area contributed by atoms with E-state index in [9.17, 15) is 18.0 Å². The molecule has 3 heterocycles. The molecule has 4 rings (SSSR count). The number of nitrogens with zero attached hydrogens (tertiary/aromatic N) is 1. The monoisotopic (exact) mass is 437 g/mol. The first-order chi connectivity index (χ1) is 13.3. The lowest BCUT2D eigenvalue weighted by molar-refractivity contribution is 0.0651. The van der Waals surface area contributed by atoms with Gasteiger partial charge in [-0.25, -0.2) is 8.42 Å². The predicted octanol–water partition coefficient (Wildman–Crippen LogP) is 3.34. The van der Waals surface area contributed by atoms with Crippen molar-refractivity contribution < 1.29 is 17.6 Å². The van der Waals surface area contributed by atoms with E-state index in [4.69, 9.17) is 16.0 Å². The molecule has 1 aromatic carbocycles. The number of hydrogen-bond acceptors (Lipinski definition) is 6. The van der Waals surface area contributed by atoms with Crippen LogP contribution in [0.1, 0.15) is 21.9 Å². The summed E-state index contributed by atoms with van der Waals surface area (Å²) in [6.45, 7) is 0.263. The molecule has 1 aliphatic rings. The summed E-state index contributed by atoms with van der Waals surface area (Å²) in [4.78, 5) is 28.1. The van der Waals surface area contributed by atoms with Gasteiger partial charge in [0, 0.05) is 22.0 Å². The molecule has 1 saturated heterocycles. The lowest BCUT2D eigenvalue weighted by Gasteiger charge is -2.27. The first kappa shape index (κ1) is 19.2. The Morgan fingerprint density at radius 3 is 2.79 bits per heavy atom. The highest BCUT2D eigenvalue weighted by molar-refractivity contribution is 7.91. The summed E-state index contributed by atoms with van der Waals surface area (Å²) in [7, 11) is -3.18.